The van der Waals surface area contributed by atoms with Gasteiger partial charge in [-0.05, 0) is 48.5 Å². The van der Waals surface area contributed by atoms with Gasteiger partial charge in [0.05, 0.1) is 17.8 Å². The quantitative estimate of drug-likeness (QED) is 0.875. The predicted octanol–water partition coefficient (Wildman–Crippen LogP) is 2.28. The van der Waals surface area contributed by atoms with E-state index in [0.717, 1.165) is 34.4 Å². The first kappa shape index (κ1) is 14.8. The van der Waals surface area contributed by atoms with Crippen molar-refractivity contribution >= 4 is 33.2 Å². The number of fused-ring (bicyclic) bond motifs is 1. The summed E-state index contributed by atoms with van der Waals surface area (Å²) in [6.45, 7) is 2.91. The van der Waals surface area contributed by atoms with Crippen LogP contribution >= 0.6 is 15.9 Å². The van der Waals surface area contributed by atoms with Gasteiger partial charge >= 0.3 is 0 Å². The van der Waals surface area contributed by atoms with E-state index in [1.54, 1.807) is 7.05 Å². The highest BCUT2D eigenvalue weighted by Crippen LogP contribution is 2.40. The summed E-state index contributed by atoms with van der Waals surface area (Å²) in [7, 11) is 3.87. The van der Waals surface area contributed by atoms with Crippen molar-refractivity contribution in [2.75, 3.05) is 30.9 Å². The molecule has 3 atom stereocenters. The van der Waals surface area contributed by atoms with Gasteiger partial charge in [0.1, 0.15) is 6.04 Å². The van der Waals surface area contributed by atoms with Gasteiger partial charge in [0.15, 0.2) is 0 Å². The molecule has 1 amide bonds. The number of rotatable bonds is 3. The highest BCUT2D eigenvalue weighted by atomic mass is 79.9. The van der Waals surface area contributed by atoms with Crippen LogP contribution < -0.4 is 15.5 Å². The maximum atomic E-state index is 11.9. The van der Waals surface area contributed by atoms with Gasteiger partial charge < -0.3 is 20.3 Å². The number of benzene rings is 1. The summed E-state index contributed by atoms with van der Waals surface area (Å²) >= 11 is 3.64. The third-order valence-electron chi connectivity index (χ3n) is 4.45. The molecule has 0 bridgehead atoms. The number of amides is 1. The van der Waals surface area contributed by atoms with Gasteiger partial charge in [-0.2, -0.15) is 0 Å². The zero-order chi connectivity index (χ0) is 15.1. The first-order valence-electron chi connectivity index (χ1n) is 7.19. The van der Waals surface area contributed by atoms with Crippen molar-refractivity contribution in [1.29, 1.82) is 0 Å². The summed E-state index contributed by atoms with van der Waals surface area (Å²) in [5.74, 6) is -0.00299. The minimum atomic E-state index is -0.274. The summed E-state index contributed by atoms with van der Waals surface area (Å²) in [5.41, 5.74) is 2.95. The number of hydrogen-bond donors (Lipinski definition) is 2. The SMILES string of the molecule is CNC1C(=O)Nc2cc(N(C)C3CCOC3C)c(Br)cc21. The minimum Gasteiger partial charge on any atom is -0.376 e. The van der Waals surface area contributed by atoms with Crippen molar-refractivity contribution in [3.05, 3.63) is 22.2 Å². The Balaban J connectivity index is 1.95. The fraction of sp³-hybridized carbons (Fsp3) is 0.533. The van der Waals surface area contributed by atoms with Crippen LogP contribution in [0.4, 0.5) is 11.4 Å². The molecule has 0 aliphatic carbocycles. The zero-order valence-electron chi connectivity index (χ0n) is 12.4. The number of hydrogen-bond acceptors (Lipinski definition) is 4. The minimum absolute atomic E-state index is 0.00299. The van der Waals surface area contributed by atoms with E-state index in [2.05, 4.69) is 45.4 Å². The lowest BCUT2D eigenvalue weighted by Gasteiger charge is -2.30. The van der Waals surface area contributed by atoms with Crippen LogP contribution in [0.1, 0.15) is 24.9 Å². The van der Waals surface area contributed by atoms with Crippen molar-refractivity contribution in [1.82, 2.24) is 5.32 Å². The molecule has 0 aromatic heterocycles. The number of halogens is 1. The molecule has 0 spiro atoms. The number of carbonyl (C=O) groups is 1. The van der Waals surface area contributed by atoms with Gasteiger partial charge in [-0.15, -0.1) is 0 Å². The van der Waals surface area contributed by atoms with Crippen LogP contribution in [0.3, 0.4) is 0 Å². The smallest absolute Gasteiger partial charge is 0.246 e. The number of anilines is 2. The normalized spacial score (nSPS) is 27.6. The topological polar surface area (TPSA) is 53.6 Å². The molecule has 1 aromatic rings. The van der Waals surface area contributed by atoms with Crippen LogP contribution in [-0.2, 0) is 9.53 Å². The molecule has 0 radical (unpaired) electrons. The molecule has 1 fully saturated rings. The molecule has 2 aliphatic rings. The number of likely N-dealkylation sites (N-methyl/N-ethyl adjacent to an activating group) is 2. The third-order valence-corrected chi connectivity index (χ3v) is 5.09. The average molecular weight is 354 g/mol. The van der Waals surface area contributed by atoms with E-state index in [1.165, 1.54) is 0 Å². The van der Waals surface area contributed by atoms with Crippen LogP contribution in [0.2, 0.25) is 0 Å². The van der Waals surface area contributed by atoms with Crippen LogP contribution in [0.15, 0.2) is 16.6 Å². The summed E-state index contributed by atoms with van der Waals surface area (Å²) in [4.78, 5) is 14.2. The molecule has 114 valence electrons. The van der Waals surface area contributed by atoms with Gasteiger partial charge in [-0.25, -0.2) is 0 Å². The van der Waals surface area contributed by atoms with Gasteiger partial charge in [-0.1, -0.05) is 0 Å². The summed E-state index contributed by atoms with van der Waals surface area (Å²) in [6, 6.07) is 4.15. The summed E-state index contributed by atoms with van der Waals surface area (Å²) < 4.78 is 6.65. The molecular weight excluding hydrogens is 334 g/mol. The van der Waals surface area contributed by atoms with Gasteiger partial charge in [0.2, 0.25) is 5.91 Å². The van der Waals surface area contributed by atoms with E-state index in [0.29, 0.717) is 6.04 Å². The van der Waals surface area contributed by atoms with E-state index in [1.807, 2.05) is 12.1 Å². The fourth-order valence-corrected chi connectivity index (χ4v) is 3.88. The molecular formula is C15H20BrN3O2. The second kappa shape index (κ2) is 5.59. The maximum Gasteiger partial charge on any atom is 0.246 e. The fourth-order valence-electron chi connectivity index (χ4n) is 3.23. The number of nitrogens with one attached hydrogen (secondary N) is 2. The maximum absolute atomic E-state index is 11.9. The largest absolute Gasteiger partial charge is 0.376 e. The molecule has 2 N–H and O–H groups in total. The van der Waals surface area contributed by atoms with Crippen molar-refractivity contribution in [2.24, 2.45) is 0 Å². The number of ether oxygens (including phenoxy) is 1. The Morgan fingerprint density at radius 1 is 1.48 bits per heavy atom. The van der Waals surface area contributed by atoms with Crippen LogP contribution in [0.5, 0.6) is 0 Å². The highest BCUT2D eigenvalue weighted by Gasteiger charge is 2.33. The molecule has 1 aromatic carbocycles. The molecule has 2 aliphatic heterocycles. The van der Waals surface area contributed by atoms with Crippen molar-refractivity contribution < 1.29 is 9.53 Å². The van der Waals surface area contributed by atoms with E-state index >= 15 is 0 Å². The van der Waals surface area contributed by atoms with Crippen LogP contribution in [0, 0.1) is 0 Å². The van der Waals surface area contributed by atoms with E-state index in [-0.39, 0.29) is 18.1 Å². The lowest BCUT2D eigenvalue weighted by atomic mass is 10.1. The van der Waals surface area contributed by atoms with Gasteiger partial charge in [0.25, 0.3) is 0 Å². The Labute approximate surface area is 133 Å². The van der Waals surface area contributed by atoms with Crippen LogP contribution in [-0.4, -0.2) is 38.8 Å². The predicted molar refractivity (Wildman–Crippen MR) is 86.8 cm³/mol. The molecule has 6 heteroatoms. The molecule has 3 unspecified atom stereocenters. The second-order valence-corrected chi connectivity index (χ2v) is 6.50. The van der Waals surface area contributed by atoms with E-state index < -0.39 is 0 Å². The van der Waals surface area contributed by atoms with Gasteiger partial charge in [-0.3, -0.25) is 4.79 Å². The lowest BCUT2D eigenvalue weighted by molar-refractivity contribution is -0.117. The second-order valence-electron chi connectivity index (χ2n) is 5.64. The average Bonchev–Trinajstić information content (AvgIpc) is 2.99. The Hall–Kier alpha value is -1.11. The first-order chi connectivity index (χ1) is 10.0. The van der Waals surface area contributed by atoms with Crippen molar-refractivity contribution in [3.8, 4) is 0 Å². The molecule has 1 saturated heterocycles. The van der Waals surface area contributed by atoms with E-state index in [9.17, 15) is 4.79 Å². The molecule has 5 nitrogen and oxygen atoms in total. The molecule has 21 heavy (non-hydrogen) atoms. The number of nitrogens with zero attached hydrogens (tertiary/aromatic N) is 1. The molecule has 2 heterocycles. The summed E-state index contributed by atoms with van der Waals surface area (Å²) in [5, 5.41) is 5.98. The van der Waals surface area contributed by atoms with E-state index in [4.69, 9.17) is 4.74 Å². The Bertz CT molecular complexity index is 578. The number of carbonyl (C=O) groups excluding carboxylic acids is 1. The molecule has 0 saturated carbocycles. The standard InChI is InChI=1S/C15H20BrN3O2/c1-8-12(4-5-21-8)19(3)13-7-11-9(6-10(13)16)14(17-2)15(20)18-11/h6-8,12,14,17H,4-5H2,1-3H3,(H,18,20). The monoisotopic (exact) mass is 353 g/mol. The summed E-state index contributed by atoms with van der Waals surface area (Å²) in [6.07, 6.45) is 1.24. The molecule has 3 rings (SSSR count). The van der Waals surface area contributed by atoms with Gasteiger partial charge in [0, 0.05) is 29.4 Å². The van der Waals surface area contributed by atoms with Crippen LogP contribution in [0.25, 0.3) is 0 Å². The Morgan fingerprint density at radius 3 is 2.86 bits per heavy atom. The highest BCUT2D eigenvalue weighted by molar-refractivity contribution is 9.10. The zero-order valence-corrected chi connectivity index (χ0v) is 14.0. The third kappa shape index (κ3) is 2.45. The lowest BCUT2D eigenvalue weighted by Crippen LogP contribution is -2.37. The Morgan fingerprint density at radius 2 is 2.24 bits per heavy atom. The van der Waals surface area contributed by atoms with Crippen molar-refractivity contribution in [3.63, 3.8) is 0 Å². The first-order valence-corrected chi connectivity index (χ1v) is 7.98. The Kier molecular flexibility index (Phi) is 3.94. The van der Waals surface area contributed by atoms with Crippen molar-refractivity contribution in [2.45, 2.75) is 31.5 Å².